The molecule has 0 aromatic carbocycles. The van der Waals surface area contributed by atoms with E-state index in [4.69, 9.17) is 10.6 Å². The van der Waals surface area contributed by atoms with Crippen LogP contribution in [0.2, 0.25) is 0 Å². The quantitative estimate of drug-likeness (QED) is 0.207. The van der Waals surface area contributed by atoms with Crippen LogP contribution in [0.3, 0.4) is 0 Å². The van der Waals surface area contributed by atoms with Crippen LogP contribution in [0.5, 0.6) is 0 Å². The molecule has 4 N–H and O–H groups in total. The molecule has 0 aromatic heterocycles. The Morgan fingerprint density at radius 1 is 1.40 bits per heavy atom. The van der Waals surface area contributed by atoms with Gasteiger partial charge in [0.1, 0.15) is 0 Å². The first-order valence-corrected chi connectivity index (χ1v) is 5.36. The normalized spacial score (nSPS) is 12.7. The van der Waals surface area contributed by atoms with E-state index in [0.717, 1.165) is 19.6 Å². The van der Waals surface area contributed by atoms with Crippen LogP contribution in [0.1, 0.15) is 34.1 Å². The third-order valence-corrected chi connectivity index (χ3v) is 1.55. The fourth-order valence-electron chi connectivity index (χ4n) is 0.978. The van der Waals surface area contributed by atoms with Crippen LogP contribution in [0.15, 0.2) is 4.99 Å². The van der Waals surface area contributed by atoms with Gasteiger partial charge in [-0.3, -0.25) is 10.4 Å². The van der Waals surface area contributed by atoms with Gasteiger partial charge >= 0.3 is 0 Å². The molecule has 15 heavy (non-hydrogen) atoms. The summed E-state index contributed by atoms with van der Waals surface area (Å²) in [5.41, 5.74) is 2.51. The molecule has 0 aromatic rings. The number of nitrogens with zero attached hydrogens (tertiary/aromatic N) is 1. The molecular formula is C10H24N4O. The van der Waals surface area contributed by atoms with Crippen molar-refractivity contribution in [1.82, 2.24) is 10.7 Å². The third kappa shape index (κ3) is 9.49. The molecule has 0 aliphatic rings. The number of rotatable bonds is 5. The first-order valence-electron chi connectivity index (χ1n) is 5.36. The predicted octanol–water partition coefficient (Wildman–Crippen LogP) is 0.620. The molecule has 90 valence electrons. The number of hydrogen-bond acceptors (Lipinski definition) is 3. The van der Waals surface area contributed by atoms with Gasteiger partial charge in [-0.05, 0) is 34.1 Å². The molecular weight excluding hydrogens is 192 g/mol. The molecule has 0 aliphatic heterocycles. The summed E-state index contributed by atoms with van der Waals surface area (Å²) in [6.45, 7) is 10.4. The Kier molecular flexibility index (Phi) is 7.07. The number of nitrogens with two attached hydrogens (primary N) is 1. The molecule has 0 atom stereocenters. The summed E-state index contributed by atoms with van der Waals surface area (Å²) < 4.78 is 5.21. The SMILES string of the molecule is CCOCCCN=C(NN)NC(C)(C)C. The third-order valence-electron chi connectivity index (χ3n) is 1.55. The van der Waals surface area contributed by atoms with Crippen LogP contribution in [0.25, 0.3) is 0 Å². The van der Waals surface area contributed by atoms with Gasteiger partial charge in [0.25, 0.3) is 0 Å². The fourth-order valence-corrected chi connectivity index (χ4v) is 0.978. The highest BCUT2D eigenvalue weighted by molar-refractivity contribution is 5.79. The fraction of sp³-hybridized carbons (Fsp3) is 0.900. The molecule has 0 bridgehead atoms. The summed E-state index contributed by atoms with van der Waals surface area (Å²) >= 11 is 0. The molecule has 0 spiro atoms. The zero-order valence-corrected chi connectivity index (χ0v) is 10.3. The van der Waals surface area contributed by atoms with Crippen molar-refractivity contribution in [2.45, 2.75) is 39.7 Å². The summed E-state index contributed by atoms with van der Waals surface area (Å²) in [5, 5.41) is 3.17. The van der Waals surface area contributed by atoms with Gasteiger partial charge < -0.3 is 10.1 Å². The molecule has 0 amide bonds. The lowest BCUT2D eigenvalue weighted by Crippen LogP contribution is -2.50. The second-order valence-electron chi connectivity index (χ2n) is 4.30. The van der Waals surface area contributed by atoms with Gasteiger partial charge in [0, 0.05) is 25.3 Å². The topological polar surface area (TPSA) is 71.7 Å². The minimum absolute atomic E-state index is 0.0366. The van der Waals surface area contributed by atoms with Gasteiger partial charge in [-0.1, -0.05) is 0 Å². The Balaban J connectivity index is 3.80. The van der Waals surface area contributed by atoms with Gasteiger partial charge in [0.2, 0.25) is 5.96 Å². The highest BCUT2D eigenvalue weighted by atomic mass is 16.5. The van der Waals surface area contributed by atoms with E-state index >= 15 is 0 Å². The van der Waals surface area contributed by atoms with E-state index < -0.39 is 0 Å². The van der Waals surface area contributed by atoms with Crippen LogP contribution in [-0.4, -0.2) is 31.3 Å². The van der Waals surface area contributed by atoms with Crippen molar-refractivity contribution < 1.29 is 4.74 Å². The van der Waals surface area contributed by atoms with Crippen molar-refractivity contribution in [2.75, 3.05) is 19.8 Å². The Morgan fingerprint density at radius 2 is 2.07 bits per heavy atom. The van der Waals surface area contributed by atoms with Crippen molar-refractivity contribution >= 4 is 5.96 Å². The molecule has 5 nitrogen and oxygen atoms in total. The highest BCUT2D eigenvalue weighted by Crippen LogP contribution is 1.97. The smallest absolute Gasteiger partial charge is 0.206 e. The van der Waals surface area contributed by atoms with Gasteiger partial charge in [-0.2, -0.15) is 0 Å². The second kappa shape index (κ2) is 7.48. The van der Waals surface area contributed by atoms with Crippen molar-refractivity contribution in [3.8, 4) is 0 Å². The Bertz CT molecular complexity index is 186. The summed E-state index contributed by atoms with van der Waals surface area (Å²) in [7, 11) is 0. The van der Waals surface area contributed by atoms with Crippen molar-refractivity contribution in [2.24, 2.45) is 10.8 Å². The Hall–Kier alpha value is -0.810. The monoisotopic (exact) mass is 216 g/mol. The van der Waals surface area contributed by atoms with Gasteiger partial charge in [-0.25, -0.2) is 5.84 Å². The zero-order valence-electron chi connectivity index (χ0n) is 10.3. The predicted molar refractivity (Wildman–Crippen MR) is 63.6 cm³/mol. The maximum Gasteiger partial charge on any atom is 0.206 e. The van der Waals surface area contributed by atoms with Crippen LogP contribution in [0.4, 0.5) is 0 Å². The van der Waals surface area contributed by atoms with Crippen LogP contribution in [-0.2, 0) is 4.74 Å². The first-order chi connectivity index (χ1) is 6.99. The van der Waals surface area contributed by atoms with Crippen LogP contribution >= 0.6 is 0 Å². The molecule has 0 radical (unpaired) electrons. The zero-order chi connectivity index (χ0) is 11.7. The van der Waals surface area contributed by atoms with E-state index in [-0.39, 0.29) is 5.54 Å². The van der Waals surface area contributed by atoms with Crippen molar-refractivity contribution in [3.05, 3.63) is 0 Å². The van der Waals surface area contributed by atoms with E-state index in [1.165, 1.54) is 0 Å². The number of hydrogen-bond donors (Lipinski definition) is 3. The summed E-state index contributed by atoms with van der Waals surface area (Å²) in [6, 6.07) is 0. The van der Waals surface area contributed by atoms with Crippen LogP contribution in [0, 0.1) is 0 Å². The van der Waals surface area contributed by atoms with Gasteiger partial charge in [-0.15, -0.1) is 0 Å². The average molecular weight is 216 g/mol. The minimum atomic E-state index is -0.0366. The molecule has 0 fully saturated rings. The van der Waals surface area contributed by atoms with Gasteiger partial charge in [0.05, 0.1) is 0 Å². The molecule has 0 heterocycles. The van der Waals surface area contributed by atoms with Crippen molar-refractivity contribution in [3.63, 3.8) is 0 Å². The first kappa shape index (κ1) is 14.2. The Labute approximate surface area is 92.4 Å². The standard InChI is InChI=1S/C10H24N4O/c1-5-15-8-6-7-12-9(14-11)13-10(2,3)4/h5-8,11H2,1-4H3,(H2,12,13,14). The molecule has 0 saturated heterocycles. The number of guanidine groups is 1. The number of ether oxygens (including phenoxy) is 1. The summed E-state index contributed by atoms with van der Waals surface area (Å²) in [5.74, 6) is 5.97. The van der Waals surface area contributed by atoms with E-state index in [9.17, 15) is 0 Å². The lowest BCUT2D eigenvalue weighted by molar-refractivity contribution is 0.146. The lowest BCUT2D eigenvalue weighted by Gasteiger charge is -2.22. The molecule has 5 heteroatoms. The average Bonchev–Trinajstić information content (AvgIpc) is 2.14. The molecule has 0 rings (SSSR count). The second-order valence-corrected chi connectivity index (χ2v) is 4.30. The Morgan fingerprint density at radius 3 is 2.53 bits per heavy atom. The molecule has 0 aliphatic carbocycles. The highest BCUT2D eigenvalue weighted by Gasteiger charge is 2.10. The maximum absolute atomic E-state index is 5.35. The van der Waals surface area contributed by atoms with E-state index in [1.807, 2.05) is 6.92 Å². The van der Waals surface area contributed by atoms with Crippen LogP contribution < -0.4 is 16.6 Å². The van der Waals surface area contributed by atoms with E-state index in [1.54, 1.807) is 0 Å². The summed E-state index contributed by atoms with van der Waals surface area (Å²) in [6.07, 6.45) is 0.908. The van der Waals surface area contributed by atoms with Crippen molar-refractivity contribution in [1.29, 1.82) is 0 Å². The lowest BCUT2D eigenvalue weighted by atomic mass is 10.1. The van der Waals surface area contributed by atoms with E-state index in [0.29, 0.717) is 12.5 Å². The van der Waals surface area contributed by atoms with E-state index in [2.05, 4.69) is 36.5 Å². The molecule has 0 unspecified atom stereocenters. The minimum Gasteiger partial charge on any atom is -0.382 e. The summed E-state index contributed by atoms with van der Waals surface area (Å²) in [4.78, 5) is 4.29. The number of hydrazine groups is 1. The maximum atomic E-state index is 5.35. The largest absolute Gasteiger partial charge is 0.382 e. The van der Waals surface area contributed by atoms with Gasteiger partial charge in [0.15, 0.2) is 0 Å². The number of aliphatic imine (C=N–C) groups is 1. The molecule has 0 saturated carbocycles. The number of nitrogens with one attached hydrogen (secondary N) is 2.